The first-order valence-corrected chi connectivity index (χ1v) is 6.61. The van der Waals surface area contributed by atoms with Gasteiger partial charge < -0.3 is 5.11 Å². The zero-order valence-electron chi connectivity index (χ0n) is 11.4. The minimum Gasteiger partial charge on any atom is -0.480 e. The Labute approximate surface area is 121 Å². The van der Waals surface area contributed by atoms with Crippen LogP contribution in [-0.2, 0) is 16.1 Å². The third-order valence-electron chi connectivity index (χ3n) is 3.61. The van der Waals surface area contributed by atoms with Crippen LogP contribution in [0.4, 0.5) is 0 Å². The Hall–Kier alpha value is -2.25. The summed E-state index contributed by atoms with van der Waals surface area (Å²) in [7, 11) is 0. The molecule has 0 bridgehead atoms. The number of carbonyl (C=O) groups is 2. The summed E-state index contributed by atoms with van der Waals surface area (Å²) in [6, 6.07) is 3.52. The number of pyridine rings is 1. The van der Waals surface area contributed by atoms with Gasteiger partial charge in [0.2, 0.25) is 0 Å². The van der Waals surface area contributed by atoms with Crippen molar-refractivity contribution in [1.82, 2.24) is 15.8 Å². The van der Waals surface area contributed by atoms with Gasteiger partial charge in [0.25, 0.3) is 5.91 Å². The van der Waals surface area contributed by atoms with E-state index in [4.69, 9.17) is 5.21 Å². The topological polar surface area (TPSA) is 112 Å². The Balaban J connectivity index is 1.92. The second kappa shape index (κ2) is 6.47. The lowest BCUT2D eigenvalue weighted by Crippen LogP contribution is -2.56. The largest absolute Gasteiger partial charge is 0.480 e. The van der Waals surface area contributed by atoms with Crippen LogP contribution >= 0.6 is 0 Å². The molecule has 2 rings (SSSR count). The first-order valence-electron chi connectivity index (χ1n) is 6.61. The van der Waals surface area contributed by atoms with Gasteiger partial charge in [0.05, 0.1) is 5.69 Å². The van der Waals surface area contributed by atoms with Gasteiger partial charge in [0, 0.05) is 18.8 Å². The smallest absolute Gasteiger partial charge is 0.323 e. The molecule has 21 heavy (non-hydrogen) atoms. The molecule has 0 radical (unpaired) electrons. The molecule has 7 nitrogen and oxygen atoms in total. The van der Waals surface area contributed by atoms with Crippen molar-refractivity contribution in [2.45, 2.75) is 31.3 Å². The fourth-order valence-corrected chi connectivity index (χ4v) is 2.11. The van der Waals surface area contributed by atoms with Crippen molar-refractivity contribution >= 4 is 18.0 Å². The lowest BCUT2D eigenvalue weighted by atomic mass is 9.76. The number of nitrogens with zero attached hydrogens (tertiary/aromatic N) is 1. The molecule has 112 valence electrons. The number of amides is 1. The standard InChI is InChI=1S/C14H17N3O4/c18-12(17-21)5-4-11-3-2-10(8-15-11)9-16-14(13(19)20)6-1-7-14/h2-5,8,16,21H,1,6-7,9H2,(H,17,18)(H,19,20). The lowest BCUT2D eigenvalue weighted by molar-refractivity contribution is -0.148. The lowest BCUT2D eigenvalue weighted by Gasteiger charge is -2.38. The molecule has 0 unspecified atom stereocenters. The third-order valence-corrected chi connectivity index (χ3v) is 3.61. The Kier molecular flexibility index (Phi) is 4.66. The van der Waals surface area contributed by atoms with Crippen LogP contribution in [0.3, 0.4) is 0 Å². The molecule has 1 aliphatic rings. The van der Waals surface area contributed by atoms with E-state index in [9.17, 15) is 14.7 Å². The molecule has 1 fully saturated rings. The van der Waals surface area contributed by atoms with Gasteiger partial charge in [0.15, 0.2) is 0 Å². The van der Waals surface area contributed by atoms with Crippen LogP contribution in [0.15, 0.2) is 24.4 Å². The van der Waals surface area contributed by atoms with Crippen molar-refractivity contribution < 1.29 is 19.9 Å². The summed E-state index contributed by atoms with van der Waals surface area (Å²) in [6.07, 6.45) is 6.47. The molecule has 0 aromatic carbocycles. The SMILES string of the molecule is O=C(C=Cc1ccc(CNC2(C(=O)O)CCC2)cn1)NO. The van der Waals surface area contributed by atoms with Crippen LogP contribution in [0.25, 0.3) is 6.08 Å². The first-order chi connectivity index (χ1) is 10.1. The zero-order chi connectivity index (χ0) is 15.3. The van der Waals surface area contributed by atoms with Crippen LogP contribution in [0.5, 0.6) is 0 Å². The summed E-state index contributed by atoms with van der Waals surface area (Å²) in [5.74, 6) is -1.44. The predicted molar refractivity (Wildman–Crippen MR) is 74.3 cm³/mol. The third kappa shape index (κ3) is 3.65. The molecule has 0 aliphatic heterocycles. The Morgan fingerprint density at radius 3 is 2.62 bits per heavy atom. The molecule has 1 aromatic heterocycles. The van der Waals surface area contributed by atoms with E-state index < -0.39 is 17.4 Å². The summed E-state index contributed by atoms with van der Waals surface area (Å²) in [5, 5.41) is 20.6. The highest BCUT2D eigenvalue weighted by Gasteiger charge is 2.43. The number of aromatic nitrogens is 1. The van der Waals surface area contributed by atoms with Gasteiger partial charge in [0.1, 0.15) is 5.54 Å². The van der Waals surface area contributed by atoms with Crippen molar-refractivity contribution in [1.29, 1.82) is 0 Å². The molecular formula is C14H17N3O4. The van der Waals surface area contributed by atoms with Gasteiger partial charge in [-0.15, -0.1) is 0 Å². The van der Waals surface area contributed by atoms with E-state index in [2.05, 4.69) is 10.3 Å². The van der Waals surface area contributed by atoms with Crippen molar-refractivity contribution in [3.8, 4) is 0 Å². The zero-order valence-corrected chi connectivity index (χ0v) is 11.4. The molecule has 1 saturated carbocycles. The summed E-state index contributed by atoms with van der Waals surface area (Å²) >= 11 is 0. The second-order valence-corrected chi connectivity index (χ2v) is 5.00. The number of aliphatic carboxylic acids is 1. The molecule has 0 saturated heterocycles. The summed E-state index contributed by atoms with van der Waals surface area (Å²) in [6.45, 7) is 0.431. The van der Waals surface area contributed by atoms with Crippen LogP contribution in [0.2, 0.25) is 0 Å². The average molecular weight is 291 g/mol. The molecule has 4 N–H and O–H groups in total. The van der Waals surface area contributed by atoms with Gasteiger partial charge >= 0.3 is 5.97 Å². The summed E-state index contributed by atoms with van der Waals surface area (Å²) in [5.41, 5.74) is 2.13. The minimum atomic E-state index is -0.809. The van der Waals surface area contributed by atoms with Crippen LogP contribution in [0, 0.1) is 0 Å². The highest BCUT2D eigenvalue weighted by atomic mass is 16.5. The van der Waals surface area contributed by atoms with E-state index in [0.717, 1.165) is 18.1 Å². The molecule has 1 heterocycles. The number of hydrogen-bond donors (Lipinski definition) is 4. The van der Waals surface area contributed by atoms with Crippen molar-refractivity contribution in [3.63, 3.8) is 0 Å². The summed E-state index contributed by atoms with van der Waals surface area (Å²) < 4.78 is 0. The predicted octanol–water partition coefficient (Wildman–Crippen LogP) is 0.697. The highest BCUT2D eigenvalue weighted by Crippen LogP contribution is 2.32. The van der Waals surface area contributed by atoms with Gasteiger partial charge in [-0.2, -0.15) is 0 Å². The number of rotatable bonds is 6. The van der Waals surface area contributed by atoms with E-state index in [1.807, 2.05) is 6.07 Å². The molecule has 0 atom stereocenters. The second-order valence-electron chi connectivity index (χ2n) is 5.00. The monoisotopic (exact) mass is 291 g/mol. The van der Waals surface area contributed by atoms with Crippen LogP contribution < -0.4 is 10.8 Å². The van der Waals surface area contributed by atoms with Gasteiger partial charge in [-0.3, -0.25) is 25.1 Å². The van der Waals surface area contributed by atoms with Crippen molar-refractivity contribution in [3.05, 3.63) is 35.7 Å². The Bertz CT molecular complexity index is 550. The Morgan fingerprint density at radius 1 is 1.38 bits per heavy atom. The normalized spacial score (nSPS) is 16.4. The summed E-state index contributed by atoms with van der Waals surface area (Å²) in [4.78, 5) is 26.2. The van der Waals surface area contributed by atoms with Gasteiger partial charge in [-0.25, -0.2) is 5.48 Å². The van der Waals surface area contributed by atoms with Gasteiger partial charge in [-0.05, 0) is 37.0 Å². The fourth-order valence-electron chi connectivity index (χ4n) is 2.11. The average Bonchev–Trinajstić information content (AvgIpc) is 2.44. The number of nitrogens with one attached hydrogen (secondary N) is 2. The van der Waals surface area contributed by atoms with Crippen LogP contribution in [0.1, 0.15) is 30.5 Å². The molecule has 0 spiro atoms. The molecule has 1 amide bonds. The number of hydroxylamine groups is 1. The van der Waals surface area contributed by atoms with Gasteiger partial charge in [-0.1, -0.05) is 6.07 Å². The van der Waals surface area contributed by atoms with Crippen LogP contribution in [-0.4, -0.2) is 32.7 Å². The number of carboxylic acids is 1. The number of carbonyl (C=O) groups excluding carboxylic acids is 1. The minimum absolute atomic E-state index is 0.431. The maximum absolute atomic E-state index is 11.2. The molecule has 1 aromatic rings. The molecule has 1 aliphatic carbocycles. The maximum atomic E-state index is 11.2. The molecular weight excluding hydrogens is 274 g/mol. The van der Waals surface area contributed by atoms with E-state index in [-0.39, 0.29) is 0 Å². The number of carboxylic acid groups (broad SMARTS) is 1. The highest BCUT2D eigenvalue weighted by molar-refractivity contribution is 5.90. The quantitative estimate of drug-likeness (QED) is 0.349. The van der Waals surface area contributed by atoms with E-state index in [1.54, 1.807) is 12.3 Å². The molecule has 7 heteroatoms. The van der Waals surface area contributed by atoms with Crippen molar-refractivity contribution in [2.24, 2.45) is 0 Å². The fraction of sp³-hybridized carbons (Fsp3) is 0.357. The van der Waals surface area contributed by atoms with E-state index in [0.29, 0.717) is 25.1 Å². The number of hydrogen-bond acceptors (Lipinski definition) is 5. The van der Waals surface area contributed by atoms with Crippen molar-refractivity contribution in [2.75, 3.05) is 0 Å². The van der Waals surface area contributed by atoms with E-state index in [1.165, 1.54) is 11.6 Å². The first kappa shape index (κ1) is 15.1. The van der Waals surface area contributed by atoms with E-state index >= 15 is 0 Å². The Morgan fingerprint density at radius 2 is 2.14 bits per heavy atom. The maximum Gasteiger partial charge on any atom is 0.323 e.